The third-order valence-electron chi connectivity index (χ3n) is 3.61. The number of aliphatic hydroxyl groups excluding tert-OH is 2. The number of carbonyl (C=O) groups excluding carboxylic acids is 1. The highest BCUT2D eigenvalue weighted by Gasteiger charge is 2.33. The van der Waals surface area contributed by atoms with Crippen LogP contribution in [-0.2, 0) is 17.5 Å². The maximum absolute atomic E-state index is 12.7. The lowest BCUT2D eigenvalue weighted by Crippen LogP contribution is -2.37. The number of aliphatic hydroxyl groups is 2. The van der Waals surface area contributed by atoms with Crippen LogP contribution in [-0.4, -0.2) is 33.9 Å². The molecule has 0 radical (unpaired) electrons. The molecule has 7 nitrogen and oxygen atoms in total. The van der Waals surface area contributed by atoms with E-state index in [2.05, 4.69) is 5.32 Å². The molecule has 2 atom stereocenters. The fourth-order valence-corrected chi connectivity index (χ4v) is 2.17. The molecule has 2 aromatic rings. The molecule has 0 bridgehead atoms. The minimum atomic E-state index is -4.73. The number of rotatable bonds is 6. The van der Waals surface area contributed by atoms with E-state index in [4.69, 9.17) is 4.74 Å². The van der Waals surface area contributed by atoms with Gasteiger partial charge in [0.25, 0.3) is 5.56 Å². The Hall–Kier alpha value is -2.85. The molecule has 2 unspecified atom stereocenters. The molecule has 0 saturated carbocycles. The first-order valence-corrected chi connectivity index (χ1v) is 7.79. The monoisotopic (exact) mass is 386 g/mol. The predicted molar refractivity (Wildman–Crippen MR) is 87.7 cm³/mol. The summed E-state index contributed by atoms with van der Waals surface area (Å²) >= 11 is 0. The number of halogens is 3. The molecule has 1 heterocycles. The van der Waals surface area contributed by atoms with Gasteiger partial charge in [-0.25, -0.2) is 4.79 Å². The smallest absolute Gasteiger partial charge is 0.417 e. The molecule has 1 amide bonds. The van der Waals surface area contributed by atoms with Gasteiger partial charge < -0.3 is 25.3 Å². The molecule has 0 aliphatic carbocycles. The van der Waals surface area contributed by atoms with Crippen molar-refractivity contribution in [2.45, 2.75) is 25.0 Å². The van der Waals surface area contributed by atoms with Crippen LogP contribution in [0.5, 0.6) is 0 Å². The van der Waals surface area contributed by atoms with Crippen molar-refractivity contribution < 1.29 is 32.9 Å². The van der Waals surface area contributed by atoms with Gasteiger partial charge in [-0.3, -0.25) is 4.79 Å². The SMILES string of the molecule is O=C(NCC(O)C(O)c1cc(C(F)(F)F)c[nH]c1=O)OCc1ccccc1. The summed E-state index contributed by atoms with van der Waals surface area (Å²) in [6.45, 7) is -0.566. The Labute approximate surface area is 151 Å². The highest BCUT2D eigenvalue weighted by molar-refractivity contribution is 5.67. The van der Waals surface area contributed by atoms with E-state index < -0.39 is 47.7 Å². The van der Waals surface area contributed by atoms with Gasteiger partial charge in [0.15, 0.2) is 0 Å². The van der Waals surface area contributed by atoms with E-state index in [0.29, 0.717) is 12.3 Å². The number of alkyl halides is 3. The van der Waals surface area contributed by atoms with E-state index >= 15 is 0 Å². The van der Waals surface area contributed by atoms with Crippen molar-refractivity contribution in [3.8, 4) is 0 Å². The second kappa shape index (κ2) is 8.69. The van der Waals surface area contributed by atoms with E-state index in [9.17, 15) is 33.0 Å². The van der Waals surface area contributed by atoms with Gasteiger partial charge in [0, 0.05) is 18.3 Å². The number of carbonyl (C=O) groups is 1. The number of aromatic nitrogens is 1. The van der Waals surface area contributed by atoms with Crippen LogP contribution in [0.4, 0.5) is 18.0 Å². The molecule has 0 aliphatic rings. The summed E-state index contributed by atoms with van der Waals surface area (Å²) < 4.78 is 43.0. The van der Waals surface area contributed by atoms with Gasteiger partial charge in [-0.15, -0.1) is 0 Å². The number of hydrogen-bond donors (Lipinski definition) is 4. The first-order valence-electron chi connectivity index (χ1n) is 7.79. The van der Waals surface area contributed by atoms with Crippen molar-refractivity contribution in [1.82, 2.24) is 10.3 Å². The number of pyridine rings is 1. The van der Waals surface area contributed by atoms with Gasteiger partial charge in [0.1, 0.15) is 18.8 Å². The summed E-state index contributed by atoms with van der Waals surface area (Å²) in [5.74, 6) is 0. The molecule has 146 valence electrons. The zero-order valence-electron chi connectivity index (χ0n) is 13.9. The molecular formula is C17H17F3N2O5. The van der Waals surface area contributed by atoms with Crippen molar-refractivity contribution in [3.63, 3.8) is 0 Å². The quantitative estimate of drug-likeness (QED) is 0.604. The van der Waals surface area contributed by atoms with Gasteiger partial charge in [-0.05, 0) is 11.6 Å². The molecule has 0 saturated heterocycles. The van der Waals surface area contributed by atoms with Crippen molar-refractivity contribution in [3.05, 3.63) is 69.6 Å². The standard InChI is InChI=1S/C17H17F3N2O5/c18-17(19,20)11-6-12(15(25)21-7-11)14(24)13(23)8-22-16(26)27-9-10-4-2-1-3-5-10/h1-7,13-14,23-24H,8-9H2,(H,21,25)(H,22,26). The minimum absolute atomic E-state index is 0.0291. The topological polar surface area (TPSA) is 112 Å². The number of H-pyrrole nitrogens is 1. The second-order valence-electron chi connectivity index (χ2n) is 5.63. The average molecular weight is 386 g/mol. The van der Waals surface area contributed by atoms with Crippen molar-refractivity contribution >= 4 is 6.09 Å². The molecule has 0 spiro atoms. The number of ether oxygens (including phenoxy) is 1. The molecule has 1 aromatic carbocycles. The first kappa shape index (κ1) is 20.5. The molecule has 2 rings (SSSR count). The number of nitrogens with one attached hydrogen (secondary N) is 2. The van der Waals surface area contributed by atoms with E-state index in [1.165, 1.54) is 0 Å². The van der Waals surface area contributed by atoms with Crippen LogP contribution in [0.3, 0.4) is 0 Å². The fourth-order valence-electron chi connectivity index (χ4n) is 2.17. The van der Waals surface area contributed by atoms with Crippen LogP contribution in [0.2, 0.25) is 0 Å². The summed E-state index contributed by atoms with van der Waals surface area (Å²) in [7, 11) is 0. The summed E-state index contributed by atoms with van der Waals surface area (Å²) in [6.07, 6.45) is -8.83. The Kier molecular flexibility index (Phi) is 6.59. The number of aromatic amines is 1. The Morgan fingerprint density at radius 1 is 1.22 bits per heavy atom. The largest absolute Gasteiger partial charge is 0.445 e. The fraction of sp³-hybridized carbons (Fsp3) is 0.294. The Balaban J connectivity index is 1.92. The van der Waals surface area contributed by atoms with E-state index in [0.717, 1.165) is 5.56 Å². The molecule has 4 N–H and O–H groups in total. The average Bonchev–Trinajstić information content (AvgIpc) is 2.64. The lowest BCUT2D eigenvalue weighted by Gasteiger charge is -2.19. The first-order chi connectivity index (χ1) is 12.7. The molecule has 0 aliphatic heterocycles. The zero-order valence-corrected chi connectivity index (χ0v) is 13.9. The van der Waals surface area contributed by atoms with Crippen LogP contribution >= 0.6 is 0 Å². The van der Waals surface area contributed by atoms with Gasteiger partial charge in [-0.2, -0.15) is 13.2 Å². The van der Waals surface area contributed by atoms with E-state index in [1.807, 2.05) is 4.98 Å². The third-order valence-corrected chi connectivity index (χ3v) is 3.61. The zero-order chi connectivity index (χ0) is 20.0. The van der Waals surface area contributed by atoms with Crippen LogP contribution in [0.25, 0.3) is 0 Å². The van der Waals surface area contributed by atoms with Gasteiger partial charge in [0.2, 0.25) is 0 Å². The van der Waals surface area contributed by atoms with Crippen molar-refractivity contribution in [2.75, 3.05) is 6.54 Å². The van der Waals surface area contributed by atoms with Gasteiger partial charge >= 0.3 is 12.3 Å². The molecule has 27 heavy (non-hydrogen) atoms. The van der Waals surface area contributed by atoms with Crippen molar-refractivity contribution in [1.29, 1.82) is 0 Å². The third kappa shape index (κ3) is 5.83. The molecule has 10 heteroatoms. The van der Waals surface area contributed by atoms with Gasteiger partial charge in [-0.1, -0.05) is 30.3 Å². The highest BCUT2D eigenvalue weighted by atomic mass is 19.4. The van der Waals surface area contributed by atoms with E-state index in [1.54, 1.807) is 30.3 Å². The summed E-state index contributed by atoms with van der Waals surface area (Å²) in [4.78, 5) is 25.1. The number of benzene rings is 1. The summed E-state index contributed by atoms with van der Waals surface area (Å²) in [5, 5.41) is 22.0. The predicted octanol–water partition coefficient (Wildman–Crippen LogP) is 1.71. The molecule has 0 fully saturated rings. The minimum Gasteiger partial charge on any atom is -0.445 e. The number of alkyl carbamates (subject to hydrolysis) is 1. The molecular weight excluding hydrogens is 369 g/mol. The van der Waals surface area contributed by atoms with E-state index in [-0.39, 0.29) is 6.61 Å². The van der Waals surface area contributed by atoms with Crippen LogP contribution in [0.15, 0.2) is 47.4 Å². The Bertz CT molecular complexity index is 823. The Morgan fingerprint density at radius 2 is 1.89 bits per heavy atom. The van der Waals surface area contributed by atoms with Gasteiger partial charge in [0.05, 0.1) is 5.56 Å². The molecule has 1 aromatic heterocycles. The number of hydrogen-bond acceptors (Lipinski definition) is 5. The second-order valence-corrected chi connectivity index (χ2v) is 5.63. The lowest BCUT2D eigenvalue weighted by molar-refractivity contribution is -0.138. The highest BCUT2D eigenvalue weighted by Crippen LogP contribution is 2.29. The normalized spacial score (nSPS) is 13.7. The maximum Gasteiger partial charge on any atom is 0.417 e. The number of amides is 1. The lowest BCUT2D eigenvalue weighted by atomic mass is 10.0. The van der Waals surface area contributed by atoms with Crippen LogP contribution < -0.4 is 10.9 Å². The Morgan fingerprint density at radius 3 is 2.52 bits per heavy atom. The van der Waals surface area contributed by atoms with Crippen LogP contribution in [0, 0.1) is 0 Å². The summed E-state index contributed by atoms with van der Waals surface area (Å²) in [5.41, 5.74) is -2.11. The maximum atomic E-state index is 12.7. The van der Waals surface area contributed by atoms with Crippen molar-refractivity contribution in [2.24, 2.45) is 0 Å². The summed E-state index contributed by atoms with van der Waals surface area (Å²) in [6, 6.07) is 9.20. The van der Waals surface area contributed by atoms with Crippen LogP contribution in [0.1, 0.15) is 22.8 Å².